The van der Waals surface area contributed by atoms with E-state index in [1.165, 1.54) is 0 Å². The van der Waals surface area contributed by atoms with Crippen molar-refractivity contribution in [3.63, 3.8) is 0 Å². The first-order valence-corrected chi connectivity index (χ1v) is 8.62. The van der Waals surface area contributed by atoms with Crippen molar-refractivity contribution in [3.8, 4) is 39.8 Å². The normalized spacial score (nSPS) is 10.8. The Hall–Kier alpha value is -3.67. The number of nitrogen functional groups attached to an aromatic ring is 1. The molecule has 2 N–H and O–H groups in total. The molecule has 1 radical (unpaired) electrons. The molecule has 0 spiro atoms. The quantitative estimate of drug-likeness (QED) is 0.515. The van der Waals surface area contributed by atoms with E-state index in [1.807, 2.05) is 42.5 Å². The number of ether oxygens (including phenoxy) is 3. The third kappa shape index (κ3) is 2.89. The van der Waals surface area contributed by atoms with Crippen LogP contribution in [0.3, 0.4) is 0 Å². The van der Waals surface area contributed by atoms with Gasteiger partial charge in [-0.15, -0.1) is 0 Å². The Morgan fingerprint density at radius 3 is 2.46 bits per heavy atom. The molecule has 0 amide bonds. The predicted octanol–water partition coefficient (Wildman–Crippen LogP) is 4.57. The fourth-order valence-corrected chi connectivity index (χ4v) is 3.18. The molecule has 0 saturated heterocycles. The minimum Gasteiger partial charge on any atom is -0.493 e. The van der Waals surface area contributed by atoms with Crippen molar-refractivity contribution in [2.24, 2.45) is 0 Å². The van der Waals surface area contributed by atoms with Crippen molar-refractivity contribution in [2.75, 3.05) is 27.1 Å². The summed E-state index contributed by atoms with van der Waals surface area (Å²) in [4.78, 5) is 4.63. The first kappa shape index (κ1) is 17.7. The third-order valence-corrected chi connectivity index (χ3v) is 4.46. The molecule has 0 fully saturated rings. The van der Waals surface area contributed by atoms with E-state index in [1.54, 1.807) is 27.4 Å². The van der Waals surface area contributed by atoms with Crippen LogP contribution in [0.4, 0.5) is 5.69 Å². The van der Waals surface area contributed by atoms with E-state index in [-0.39, 0.29) is 0 Å². The van der Waals surface area contributed by atoms with Crippen LogP contribution < -0.4 is 19.9 Å². The summed E-state index contributed by atoms with van der Waals surface area (Å²) >= 11 is 0. The molecule has 4 rings (SSSR count). The molecule has 0 unspecified atom stereocenters. The van der Waals surface area contributed by atoms with Crippen LogP contribution in [0.2, 0.25) is 0 Å². The molecule has 0 bridgehead atoms. The molecule has 1 aromatic heterocycles. The van der Waals surface area contributed by atoms with Gasteiger partial charge in [-0.1, -0.05) is 24.3 Å². The van der Waals surface area contributed by atoms with Gasteiger partial charge in [0.05, 0.1) is 26.9 Å². The molecule has 3 aromatic carbocycles. The maximum Gasteiger partial charge on any atom is 0.231 e. The van der Waals surface area contributed by atoms with Gasteiger partial charge in [0.25, 0.3) is 0 Å². The molecule has 0 aliphatic carbocycles. The monoisotopic (exact) mass is 375 g/mol. The average Bonchev–Trinajstić information content (AvgIpc) is 3.16. The van der Waals surface area contributed by atoms with E-state index < -0.39 is 0 Å². The standard InChI is InChI=1S/C22H19N2O4/c1-25-18-11-10-16(20(26-2)21(18)27-3)22-24-17-9-5-8-15(19(17)28-22)13-6-4-7-14(23)12-13/h4-9,11-12H,23H2,1-3H3. The second-order valence-corrected chi connectivity index (χ2v) is 6.10. The lowest BCUT2D eigenvalue weighted by molar-refractivity contribution is 0.324. The van der Waals surface area contributed by atoms with E-state index >= 15 is 0 Å². The van der Waals surface area contributed by atoms with Crippen molar-refractivity contribution in [3.05, 3.63) is 54.6 Å². The Labute approximate surface area is 162 Å². The maximum absolute atomic E-state index is 6.14. The summed E-state index contributed by atoms with van der Waals surface area (Å²) in [6, 6.07) is 18.2. The Morgan fingerprint density at radius 2 is 1.75 bits per heavy atom. The van der Waals surface area contributed by atoms with Gasteiger partial charge >= 0.3 is 0 Å². The van der Waals surface area contributed by atoms with E-state index in [2.05, 4.69) is 11.1 Å². The Kier molecular flexibility index (Phi) is 4.53. The smallest absolute Gasteiger partial charge is 0.231 e. The first-order valence-electron chi connectivity index (χ1n) is 8.62. The molecule has 0 aliphatic rings. The predicted molar refractivity (Wildman–Crippen MR) is 108 cm³/mol. The lowest BCUT2D eigenvalue weighted by Gasteiger charge is -2.13. The summed E-state index contributed by atoms with van der Waals surface area (Å²) in [6.07, 6.45) is 0. The van der Waals surface area contributed by atoms with Gasteiger partial charge in [0.15, 0.2) is 17.1 Å². The number of benzene rings is 3. The van der Waals surface area contributed by atoms with Crippen LogP contribution in [0.25, 0.3) is 33.7 Å². The van der Waals surface area contributed by atoms with Crippen molar-refractivity contribution >= 4 is 16.8 Å². The van der Waals surface area contributed by atoms with Crippen molar-refractivity contribution in [1.82, 2.24) is 4.98 Å². The minimum absolute atomic E-state index is 0.379. The van der Waals surface area contributed by atoms with Gasteiger partial charge in [0.2, 0.25) is 11.6 Å². The number of aromatic nitrogens is 1. The van der Waals surface area contributed by atoms with E-state index in [9.17, 15) is 0 Å². The van der Waals surface area contributed by atoms with Crippen LogP contribution in [0.1, 0.15) is 0 Å². The fourth-order valence-electron chi connectivity index (χ4n) is 3.18. The zero-order valence-corrected chi connectivity index (χ0v) is 15.8. The Balaban J connectivity index is 1.91. The van der Waals surface area contributed by atoms with E-state index in [4.69, 9.17) is 24.4 Å². The van der Waals surface area contributed by atoms with Gasteiger partial charge in [-0.05, 0) is 29.8 Å². The van der Waals surface area contributed by atoms with Gasteiger partial charge in [-0.3, -0.25) is 0 Å². The lowest BCUT2D eigenvalue weighted by Crippen LogP contribution is -1.97. The molecular weight excluding hydrogens is 356 g/mol. The topological polar surface area (TPSA) is 79.7 Å². The van der Waals surface area contributed by atoms with Crippen molar-refractivity contribution < 1.29 is 18.6 Å². The summed E-state index contributed by atoms with van der Waals surface area (Å²) in [7, 11) is 4.66. The van der Waals surface area contributed by atoms with Gasteiger partial charge in [-0.25, -0.2) is 4.98 Å². The van der Waals surface area contributed by atoms with Crippen molar-refractivity contribution in [2.45, 2.75) is 0 Å². The number of hydrogen-bond donors (Lipinski definition) is 1. The van der Waals surface area contributed by atoms with Crippen LogP contribution in [-0.2, 0) is 0 Å². The lowest BCUT2D eigenvalue weighted by atomic mass is 10.0. The fraction of sp³-hybridized carbons (Fsp3) is 0.136. The largest absolute Gasteiger partial charge is 0.493 e. The molecule has 0 aliphatic heterocycles. The molecular formula is C22H19N2O4. The number of nitrogens with two attached hydrogens (primary N) is 1. The number of fused-ring (bicyclic) bond motifs is 1. The second-order valence-electron chi connectivity index (χ2n) is 6.10. The van der Waals surface area contributed by atoms with Crippen LogP contribution in [0.5, 0.6) is 17.2 Å². The van der Waals surface area contributed by atoms with Gasteiger partial charge in [-0.2, -0.15) is 0 Å². The highest BCUT2D eigenvalue weighted by molar-refractivity contribution is 5.92. The molecule has 0 saturated carbocycles. The minimum atomic E-state index is 0.379. The molecule has 141 valence electrons. The highest BCUT2D eigenvalue weighted by Gasteiger charge is 2.22. The van der Waals surface area contributed by atoms with Crippen LogP contribution in [-0.4, -0.2) is 26.3 Å². The highest BCUT2D eigenvalue weighted by atomic mass is 16.5. The number of anilines is 1. The number of rotatable bonds is 5. The number of oxazole rings is 1. The highest BCUT2D eigenvalue weighted by Crippen LogP contribution is 2.44. The van der Waals surface area contributed by atoms with Crippen LogP contribution in [0.15, 0.2) is 52.9 Å². The second kappa shape index (κ2) is 7.15. The maximum atomic E-state index is 6.14. The molecule has 0 atom stereocenters. The van der Waals surface area contributed by atoms with Crippen LogP contribution >= 0.6 is 0 Å². The number of nitrogens with zero attached hydrogens (tertiary/aromatic N) is 1. The number of para-hydroxylation sites is 1. The van der Waals surface area contributed by atoms with E-state index in [0.717, 1.165) is 16.6 Å². The SMILES string of the molecule is COc1c[c]c(-c2nc3cccc(-c4cccc(N)c4)c3o2)c(OC)c1OC. The number of methoxy groups -OCH3 is 3. The average molecular weight is 375 g/mol. The van der Waals surface area contributed by atoms with Crippen molar-refractivity contribution in [1.29, 1.82) is 0 Å². The third-order valence-electron chi connectivity index (χ3n) is 4.46. The van der Waals surface area contributed by atoms with Gasteiger partial charge in [0, 0.05) is 17.3 Å². The van der Waals surface area contributed by atoms with Crippen LogP contribution in [0, 0.1) is 6.07 Å². The molecule has 6 heteroatoms. The molecule has 28 heavy (non-hydrogen) atoms. The van der Waals surface area contributed by atoms with Gasteiger partial charge in [0.1, 0.15) is 5.52 Å². The molecule has 1 heterocycles. The Bertz CT molecular complexity index is 1150. The number of hydrogen-bond acceptors (Lipinski definition) is 6. The summed E-state index contributed by atoms with van der Waals surface area (Å²) in [6.45, 7) is 0. The van der Waals surface area contributed by atoms with E-state index in [0.29, 0.717) is 40.0 Å². The summed E-state index contributed by atoms with van der Waals surface area (Å²) in [5.74, 6) is 1.79. The van der Waals surface area contributed by atoms with Gasteiger partial charge < -0.3 is 24.4 Å². The Morgan fingerprint density at radius 1 is 0.964 bits per heavy atom. The first-order chi connectivity index (χ1) is 13.7. The summed E-state index contributed by atoms with van der Waals surface area (Å²) in [5, 5.41) is 0. The zero-order valence-electron chi connectivity index (χ0n) is 15.8. The zero-order chi connectivity index (χ0) is 19.7. The summed E-state index contributed by atoms with van der Waals surface area (Å²) < 4.78 is 22.4. The molecule has 6 nitrogen and oxygen atoms in total. The summed E-state index contributed by atoms with van der Waals surface area (Å²) in [5.41, 5.74) is 10.4. The molecule has 4 aromatic rings.